The Bertz CT molecular complexity index is 1500. The van der Waals surface area contributed by atoms with Gasteiger partial charge in [-0.1, -0.05) is 67.3 Å². The Labute approximate surface area is 218 Å². The molecular formula is C27H25Cl2N3O4. The smallest absolute Gasteiger partial charge is 0.332 e. The van der Waals surface area contributed by atoms with Gasteiger partial charge in [0.25, 0.3) is 5.91 Å². The predicted octanol–water partition coefficient (Wildman–Crippen LogP) is 6.87. The van der Waals surface area contributed by atoms with Crippen LogP contribution < -0.4 is 4.90 Å². The number of benzene rings is 2. The number of carboxylic acids is 1. The molecule has 4 rings (SSSR count). The van der Waals surface area contributed by atoms with Crippen LogP contribution in [0.2, 0.25) is 10.0 Å². The molecule has 0 saturated carbocycles. The lowest BCUT2D eigenvalue weighted by atomic mass is 9.85. The SMILES string of the molecule is CN(C)c1onc(-c2c(Cl)cccc2Cl)c1C(=O)n1ccc2c(/C=C(/C(=O)O)C(C)(C)C)cccc21. The van der Waals surface area contributed by atoms with Crippen molar-refractivity contribution >= 4 is 57.9 Å². The van der Waals surface area contributed by atoms with Crippen molar-refractivity contribution in [2.24, 2.45) is 5.41 Å². The van der Waals surface area contributed by atoms with Crippen molar-refractivity contribution in [3.8, 4) is 11.3 Å². The van der Waals surface area contributed by atoms with Crippen LogP contribution in [0, 0.1) is 5.41 Å². The van der Waals surface area contributed by atoms with Crippen LogP contribution in [0.15, 0.2) is 58.8 Å². The molecule has 0 radical (unpaired) electrons. The van der Waals surface area contributed by atoms with Gasteiger partial charge in [-0.2, -0.15) is 0 Å². The maximum atomic E-state index is 14.0. The quantitative estimate of drug-likeness (QED) is 0.286. The normalized spacial score (nSPS) is 12.2. The molecule has 36 heavy (non-hydrogen) atoms. The summed E-state index contributed by atoms with van der Waals surface area (Å²) < 4.78 is 7.03. The number of aromatic nitrogens is 2. The standard InChI is InChI=1S/C27H25Cl2N3O4/c1-27(2,3)17(26(34)35)14-15-8-6-11-20-16(15)12-13-32(20)24(33)22-23(30-36-25(22)31(4)5)21-18(28)9-7-10-19(21)29/h6-14H,1-5H3,(H,34,35)/b17-14-. The van der Waals surface area contributed by atoms with Gasteiger partial charge in [-0.15, -0.1) is 0 Å². The number of carbonyl (C=O) groups is 2. The largest absolute Gasteiger partial charge is 0.478 e. The Morgan fingerprint density at radius 3 is 2.28 bits per heavy atom. The Balaban J connectivity index is 1.92. The number of halogens is 2. The van der Waals surface area contributed by atoms with E-state index in [0.29, 0.717) is 26.7 Å². The second-order valence-electron chi connectivity index (χ2n) is 9.59. The molecule has 1 N–H and O–H groups in total. The minimum absolute atomic E-state index is 0.203. The first-order valence-corrected chi connectivity index (χ1v) is 11.9. The zero-order chi connectivity index (χ0) is 26.4. The molecule has 0 unspecified atom stereocenters. The Morgan fingerprint density at radius 2 is 1.69 bits per heavy atom. The molecule has 0 amide bonds. The number of aliphatic carboxylic acids is 1. The predicted molar refractivity (Wildman–Crippen MR) is 143 cm³/mol. The van der Waals surface area contributed by atoms with Crippen LogP contribution in [-0.2, 0) is 4.79 Å². The summed E-state index contributed by atoms with van der Waals surface area (Å²) in [4.78, 5) is 27.5. The van der Waals surface area contributed by atoms with Gasteiger partial charge in [0, 0.05) is 36.8 Å². The van der Waals surface area contributed by atoms with E-state index < -0.39 is 17.3 Å². The number of hydrogen-bond donors (Lipinski definition) is 1. The monoisotopic (exact) mass is 525 g/mol. The maximum absolute atomic E-state index is 14.0. The molecule has 186 valence electrons. The van der Waals surface area contributed by atoms with Crippen LogP contribution in [0.1, 0.15) is 36.7 Å². The zero-order valence-electron chi connectivity index (χ0n) is 20.5. The van der Waals surface area contributed by atoms with E-state index in [1.165, 1.54) is 4.57 Å². The Morgan fingerprint density at radius 1 is 1.06 bits per heavy atom. The number of rotatable bonds is 5. The van der Waals surface area contributed by atoms with E-state index in [-0.39, 0.29) is 22.7 Å². The van der Waals surface area contributed by atoms with E-state index in [1.54, 1.807) is 67.7 Å². The third-order valence-corrected chi connectivity index (χ3v) is 6.45. The molecule has 2 heterocycles. The van der Waals surface area contributed by atoms with E-state index in [4.69, 9.17) is 27.7 Å². The number of hydrogen-bond acceptors (Lipinski definition) is 5. The summed E-state index contributed by atoms with van der Waals surface area (Å²) in [7, 11) is 3.48. The molecule has 0 aliphatic heterocycles. The van der Waals surface area contributed by atoms with Gasteiger partial charge < -0.3 is 14.5 Å². The third kappa shape index (κ3) is 4.52. The molecule has 2 aromatic carbocycles. The van der Waals surface area contributed by atoms with Gasteiger partial charge in [0.1, 0.15) is 11.3 Å². The first kappa shape index (κ1) is 25.5. The van der Waals surface area contributed by atoms with Crippen LogP contribution in [-0.4, -0.2) is 40.8 Å². The van der Waals surface area contributed by atoms with Gasteiger partial charge >= 0.3 is 5.97 Å². The second kappa shape index (κ2) is 9.48. The summed E-state index contributed by atoms with van der Waals surface area (Å²) in [6.45, 7) is 5.54. The molecular weight excluding hydrogens is 501 g/mol. The average molecular weight is 526 g/mol. The molecule has 9 heteroatoms. The number of fused-ring (bicyclic) bond motifs is 1. The lowest BCUT2D eigenvalue weighted by molar-refractivity contribution is -0.133. The zero-order valence-corrected chi connectivity index (χ0v) is 22.0. The van der Waals surface area contributed by atoms with Crippen molar-refractivity contribution < 1.29 is 19.2 Å². The summed E-state index contributed by atoms with van der Waals surface area (Å²) in [5, 5.41) is 15.3. The Kier molecular flexibility index (Phi) is 6.73. The molecule has 7 nitrogen and oxygen atoms in total. The fourth-order valence-corrected chi connectivity index (χ4v) is 4.62. The van der Waals surface area contributed by atoms with Gasteiger partial charge in [0.05, 0.1) is 15.6 Å². The first-order chi connectivity index (χ1) is 16.9. The van der Waals surface area contributed by atoms with Gasteiger partial charge in [-0.3, -0.25) is 9.36 Å². The van der Waals surface area contributed by atoms with Crippen LogP contribution in [0.3, 0.4) is 0 Å². The molecule has 0 saturated heterocycles. The Hall–Kier alpha value is -3.55. The van der Waals surface area contributed by atoms with E-state index >= 15 is 0 Å². The molecule has 0 fully saturated rings. The van der Waals surface area contributed by atoms with Crippen molar-refractivity contribution in [1.29, 1.82) is 0 Å². The number of carboxylic acid groups (broad SMARTS) is 1. The van der Waals surface area contributed by atoms with Gasteiger partial charge in [0.15, 0.2) is 0 Å². The summed E-state index contributed by atoms with van der Waals surface area (Å²) >= 11 is 12.9. The van der Waals surface area contributed by atoms with E-state index in [0.717, 1.165) is 5.39 Å². The van der Waals surface area contributed by atoms with Crippen LogP contribution >= 0.6 is 23.2 Å². The van der Waals surface area contributed by atoms with Crippen LogP contribution in [0.25, 0.3) is 28.2 Å². The minimum Gasteiger partial charge on any atom is -0.478 e. The van der Waals surface area contributed by atoms with Crippen molar-refractivity contribution in [2.75, 3.05) is 19.0 Å². The highest BCUT2D eigenvalue weighted by Gasteiger charge is 2.30. The minimum atomic E-state index is -0.989. The van der Waals surface area contributed by atoms with Gasteiger partial charge in [0.2, 0.25) is 5.88 Å². The topological polar surface area (TPSA) is 88.6 Å². The maximum Gasteiger partial charge on any atom is 0.332 e. The lowest BCUT2D eigenvalue weighted by Crippen LogP contribution is -2.17. The average Bonchev–Trinajstić information content (AvgIpc) is 3.41. The van der Waals surface area contributed by atoms with E-state index in [1.807, 2.05) is 26.8 Å². The second-order valence-corrected chi connectivity index (χ2v) is 10.4. The van der Waals surface area contributed by atoms with E-state index in [2.05, 4.69) is 5.16 Å². The summed E-state index contributed by atoms with van der Waals surface area (Å²) in [5.74, 6) is -1.13. The summed E-state index contributed by atoms with van der Waals surface area (Å²) in [6, 6.07) is 12.2. The molecule has 0 aliphatic rings. The molecule has 0 bridgehead atoms. The van der Waals surface area contributed by atoms with Crippen LogP contribution in [0.5, 0.6) is 0 Å². The van der Waals surface area contributed by atoms with Crippen molar-refractivity contribution in [3.63, 3.8) is 0 Å². The fourth-order valence-electron chi connectivity index (χ4n) is 4.04. The number of carbonyl (C=O) groups excluding carboxylic acids is 1. The van der Waals surface area contributed by atoms with E-state index in [9.17, 15) is 14.7 Å². The fraction of sp³-hybridized carbons (Fsp3) is 0.222. The highest BCUT2D eigenvalue weighted by Crippen LogP contribution is 2.40. The summed E-state index contributed by atoms with van der Waals surface area (Å²) in [5.41, 5.74) is 1.83. The summed E-state index contributed by atoms with van der Waals surface area (Å²) in [6.07, 6.45) is 3.30. The van der Waals surface area contributed by atoms with Crippen molar-refractivity contribution in [3.05, 3.63) is 75.4 Å². The highest BCUT2D eigenvalue weighted by molar-refractivity contribution is 6.39. The van der Waals surface area contributed by atoms with Crippen LogP contribution in [0.4, 0.5) is 5.88 Å². The number of nitrogens with zero attached hydrogens (tertiary/aromatic N) is 3. The third-order valence-electron chi connectivity index (χ3n) is 5.82. The first-order valence-electron chi connectivity index (χ1n) is 11.1. The van der Waals surface area contributed by atoms with Gasteiger partial charge in [-0.25, -0.2) is 4.79 Å². The van der Waals surface area contributed by atoms with Gasteiger partial charge in [-0.05, 0) is 41.3 Å². The molecule has 0 aliphatic carbocycles. The molecule has 0 atom stereocenters. The molecule has 2 aromatic heterocycles. The number of anilines is 1. The van der Waals surface area contributed by atoms with Crippen molar-refractivity contribution in [1.82, 2.24) is 9.72 Å². The molecule has 0 spiro atoms. The van der Waals surface area contributed by atoms with Crippen molar-refractivity contribution in [2.45, 2.75) is 20.8 Å². The lowest BCUT2D eigenvalue weighted by Gasteiger charge is -2.19. The molecule has 4 aromatic rings. The highest BCUT2D eigenvalue weighted by atomic mass is 35.5.